The molecule has 0 radical (unpaired) electrons. The van der Waals surface area contributed by atoms with Crippen molar-refractivity contribution in [1.82, 2.24) is 14.9 Å². The summed E-state index contributed by atoms with van der Waals surface area (Å²) in [5.41, 5.74) is 5.82. The molecular formula is C40H46N4O3. The van der Waals surface area contributed by atoms with Crippen molar-refractivity contribution in [3.63, 3.8) is 0 Å². The summed E-state index contributed by atoms with van der Waals surface area (Å²) in [5, 5.41) is 8.41. The van der Waals surface area contributed by atoms with Gasteiger partial charge in [0.25, 0.3) is 0 Å². The molecule has 4 aromatic carbocycles. The Labute approximate surface area is 277 Å². The molecular weight excluding hydrogens is 584 g/mol. The quantitative estimate of drug-likeness (QED) is 0.151. The predicted molar refractivity (Wildman–Crippen MR) is 191 cm³/mol. The van der Waals surface area contributed by atoms with Crippen LogP contribution in [0.3, 0.4) is 0 Å². The lowest BCUT2D eigenvalue weighted by molar-refractivity contribution is -0.120. The van der Waals surface area contributed by atoms with E-state index in [-0.39, 0.29) is 18.4 Å². The molecule has 0 unspecified atom stereocenters. The topological polar surface area (TPSA) is 85.3 Å². The second-order valence-corrected chi connectivity index (χ2v) is 13.7. The Balaban J connectivity index is 1.25. The number of carbonyl (C=O) groups is 2. The lowest BCUT2D eigenvalue weighted by atomic mass is 9.93. The van der Waals surface area contributed by atoms with E-state index in [1.165, 1.54) is 19.3 Å². The number of fused-ring (bicyclic) bond motifs is 2. The number of benzene rings is 4. The van der Waals surface area contributed by atoms with Crippen LogP contribution in [-0.4, -0.2) is 39.6 Å². The number of esters is 1. The fraction of sp³-hybridized carbons (Fsp3) is 0.375. The highest BCUT2D eigenvalue weighted by molar-refractivity contribution is 6.10. The average molecular weight is 631 g/mol. The van der Waals surface area contributed by atoms with Gasteiger partial charge in [-0.15, -0.1) is 0 Å². The lowest BCUT2D eigenvalue weighted by Gasteiger charge is -2.22. The van der Waals surface area contributed by atoms with Crippen molar-refractivity contribution in [2.24, 2.45) is 0 Å². The van der Waals surface area contributed by atoms with Crippen LogP contribution in [0.15, 0.2) is 78.9 Å². The molecule has 1 amide bonds. The molecule has 244 valence electrons. The minimum Gasteiger partial charge on any atom is -0.456 e. The van der Waals surface area contributed by atoms with E-state index in [0.717, 1.165) is 75.7 Å². The van der Waals surface area contributed by atoms with Crippen LogP contribution in [0.2, 0.25) is 0 Å². The number of hydrogen-bond donors (Lipinski definition) is 2. The highest BCUT2D eigenvalue weighted by Gasteiger charge is 2.23. The molecule has 1 aliphatic rings. The standard InChI is InChI=1S/C40H46N4O3/c1-5-11-36-43-34-23-21-31(41-25-37(45)42-30-13-7-6-8-14-30)24-35(34)44(36)26-27-16-18-29(19-17-27)33-22-20-28-12-9-10-15-32(28)38(33)39(46)47-40(2,3)4/h9-10,12,15-24,30,41H,5-8,11,13-14,25-26H2,1-4H3,(H,42,45). The van der Waals surface area contributed by atoms with E-state index in [2.05, 4.69) is 58.5 Å². The van der Waals surface area contributed by atoms with E-state index in [4.69, 9.17) is 9.72 Å². The summed E-state index contributed by atoms with van der Waals surface area (Å²) in [6.45, 7) is 8.76. The highest BCUT2D eigenvalue weighted by atomic mass is 16.6. The van der Waals surface area contributed by atoms with E-state index >= 15 is 0 Å². The summed E-state index contributed by atoms with van der Waals surface area (Å²) >= 11 is 0. The smallest absolute Gasteiger partial charge is 0.339 e. The second kappa shape index (κ2) is 14.0. The number of carbonyl (C=O) groups excluding carboxylic acids is 2. The fourth-order valence-corrected chi connectivity index (χ4v) is 6.61. The van der Waals surface area contributed by atoms with E-state index in [9.17, 15) is 9.59 Å². The molecule has 0 aliphatic heterocycles. The third kappa shape index (κ3) is 7.67. The van der Waals surface area contributed by atoms with E-state index < -0.39 is 5.60 Å². The number of anilines is 1. The van der Waals surface area contributed by atoms with Crippen LogP contribution in [0.25, 0.3) is 32.9 Å². The maximum absolute atomic E-state index is 13.5. The molecule has 47 heavy (non-hydrogen) atoms. The molecule has 7 heteroatoms. The molecule has 1 aliphatic carbocycles. The number of hydrogen-bond acceptors (Lipinski definition) is 5. The Kier molecular flexibility index (Phi) is 9.62. The van der Waals surface area contributed by atoms with Crippen LogP contribution >= 0.6 is 0 Å². The predicted octanol–water partition coefficient (Wildman–Crippen LogP) is 8.67. The zero-order valence-corrected chi connectivity index (χ0v) is 28.1. The number of ether oxygens (including phenoxy) is 1. The number of aryl methyl sites for hydroxylation is 1. The summed E-state index contributed by atoms with van der Waals surface area (Å²) in [4.78, 5) is 31.1. The van der Waals surface area contributed by atoms with Crippen LogP contribution in [0, 0.1) is 0 Å². The van der Waals surface area contributed by atoms with Gasteiger partial charge in [-0.3, -0.25) is 4.79 Å². The van der Waals surface area contributed by atoms with Crippen LogP contribution in [0.5, 0.6) is 0 Å². The zero-order valence-electron chi connectivity index (χ0n) is 28.1. The second-order valence-electron chi connectivity index (χ2n) is 13.7. The van der Waals surface area contributed by atoms with E-state index in [0.29, 0.717) is 18.2 Å². The monoisotopic (exact) mass is 630 g/mol. The summed E-state index contributed by atoms with van der Waals surface area (Å²) in [5.74, 6) is 0.761. The maximum atomic E-state index is 13.5. The number of aromatic nitrogens is 2. The molecule has 6 rings (SSSR count). The van der Waals surface area contributed by atoms with Crippen LogP contribution in [-0.2, 0) is 22.5 Å². The summed E-state index contributed by atoms with van der Waals surface area (Å²) in [7, 11) is 0. The molecule has 1 fully saturated rings. The van der Waals surface area contributed by atoms with Gasteiger partial charge in [0.15, 0.2) is 0 Å². The van der Waals surface area contributed by atoms with Gasteiger partial charge >= 0.3 is 5.97 Å². The van der Waals surface area contributed by atoms with Gasteiger partial charge < -0.3 is 19.9 Å². The van der Waals surface area contributed by atoms with Crippen molar-refractivity contribution in [1.29, 1.82) is 0 Å². The third-order valence-corrected chi connectivity index (χ3v) is 8.86. The molecule has 7 nitrogen and oxygen atoms in total. The Bertz CT molecular complexity index is 1880. The molecule has 0 saturated heterocycles. The SMILES string of the molecule is CCCc1nc2ccc(NCC(=O)NC3CCCCC3)cc2n1Cc1ccc(-c2ccc3ccccc3c2C(=O)OC(C)(C)C)cc1. The minimum atomic E-state index is -0.602. The molecule has 0 spiro atoms. The van der Waals surface area contributed by atoms with Crippen molar-refractivity contribution in [2.75, 3.05) is 11.9 Å². The van der Waals surface area contributed by atoms with Gasteiger partial charge in [-0.1, -0.05) is 86.8 Å². The van der Waals surface area contributed by atoms with Crippen molar-refractivity contribution in [2.45, 2.75) is 90.8 Å². The first-order valence-corrected chi connectivity index (χ1v) is 17.1. The summed E-state index contributed by atoms with van der Waals surface area (Å²) in [6.07, 6.45) is 7.66. The van der Waals surface area contributed by atoms with Crippen molar-refractivity contribution < 1.29 is 14.3 Å². The van der Waals surface area contributed by atoms with Gasteiger partial charge in [0.05, 0.1) is 23.1 Å². The molecule has 1 heterocycles. The van der Waals surface area contributed by atoms with Crippen LogP contribution < -0.4 is 10.6 Å². The molecule has 0 atom stereocenters. The zero-order chi connectivity index (χ0) is 33.0. The third-order valence-electron chi connectivity index (χ3n) is 8.86. The molecule has 5 aromatic rings. The number of nitrogens with zero attached hydrogens (tertiary/aromatic N) is 2. The lowest BCUT2D eigenvalue weighted by Crippen LogP contribution is -2.39. The van der Waals surface area contributed by atoms with Gasteiger partial charge in [-0.2, -0.15) is 0 Å². The van der Waals surface area contributed by atoms with Gasteiger partial charge in [-0.05, 0) is 85.7 Å². The Morgan fingerprint density at radius 2 is 1.70 bits per heavy atom. The Morgan fingerprint density at radius 1 is 0.936 bits per heavy atom. The van der Waals surface area contributed by atoms with Gasteiger partial charge in [0.1, 0.15) is 11.4 Å². The van der Waals surface area contributed by atoms with Crippen LogP contribution in [0.4, 0.5) is 5.69 Å². The van der Waals surface area contributed by atoms with E-state index in [1.54, 1.807) is 0 Å². The summed E-state index contributed by atoms with van der Waals surface area (Å²) < 4.78 is 8.14. The number of amides is 1. The molecule has 1 saturated carbocycles. The number of rotatable bonds is 10. The molecule has 1 aromatic heterocycles. The van der Waals surface area contributed by atoms with Crippen LogP contribution in [0.1, 0.15) is 88.0 Å². The first-order chi connectivity index (χ1) is 22.7. The number of nitrogens with one attached hydrogen (secondary N) is 2. The molecule has 2 N–H and O–H groups in total. The van der Waals surface area contributed by atoms with Crippen molar-refractivity contribution in [3.8, 4) is 11.1 Å². The Hall–Kier alpha value is -4.65. The summed E-state index contributed by atoms with van der Waals surface area (Å²) in [6, 6.07) is 26.9. The average Bonchev–Trinajstić information content (AvgIpc) is 3.39. The Morgan fingerprint density at radius 3 is 2.45 bits per heavy atom. The number of imidazole rings is 1. The fourth-order valence-electron chi connectivity index (χ4n) is 6.61. The first kappa shape index (κ1) is 32.3. The first-order valence-electron chi connectivity index (χ1n) is 17.1. The van der Waals surface area contributed by atoms with Gasteiger partial charge in [0.2, 0.25) is 5.91 Å². The maximum Gasteiger partial charge on any atom is 0.339 e. The van der Waals surface area contributed by atoms with Gasteiger partial charge in [-0.25, -0.2) is 9.78 Å². The van der Waals surface area contributed by atoms with Crippen molar-refractivity contribution >= 4 is 39.4 Å². The van der Waals surface area contributed by atoms with E-state index in [1.807, 2.05) is 63.2 Å². The van der Waals surface area contributed by atoms with Gasteiger partial charge in [0, 0.05) is 24.7 Å². The molecule has 0 bridgehead atoms. The largest absolute Gasteiger partial charge is 0.456 e. The highest BCUT2D eigenvalue weighted by Crippen LogP contribution is 2.33. The minimum absolute atomic E-state index is 0.0403. The van der Waals surface area contributed by atoms with Crippen molar-refractivity contribution in [3.05, 3.63) is 95.8 Å². The normalized spacial score (nSPS) is 14.0.